The van der Waals surface area contributed by atoms with Gasteiger partial charge in [0.25, 0.3) is 12.4 Å². The van der Waals surface area contributed by atoms with Crippen LogP contribution in [-0.4, -0.2) is 86.5 Å². The van der Waals surface area contributed by atoms with Crippen molar-refractivity contribution in [1.82, 2.24) is 31.1 Å². The van der Waals surface area contributed by atoms with Crippen molar-refractivity contribution in [2.45, 2.75) is 24.6 Å². The highest BCUT2D eigenvalue weighted by Crippen LogP contribution is 2.17. The van der Waals surface area contributed by atoms with E-state index < -0.39 is 9.85 Å². The fourth-order valence-electron chi connectivity index (χ4n) is 3.26. The van der Waals surface area contributed by atoms with Gasteiger partial charge in [0.2, 0.25) is 0 Å². The molecule has 0 unspecified atom stereocenters. The summed E-state index contributed by atoms with van der Waals surface area (Å²) in [6, 6.07) is 7.97. The van der Waals surface area contributed by atoms with Gasteiger partial charge in [-0.15, -0.1) is 0 Å². The van der Waals surface area contributed by atoms with E-state index in [1.54, 1.807) is 37.6 Å². The summed E-state index contributed by atoms with van der Waals surface area (Å²) in [4.78, 5) is 23.8. The number of hydrogen-bond acceptors (Lipinski definition) is 14. The Morgan fingerprint density at radius 1 is 0.738 bits per heavy atom. The first-order valence-corrected chi connectivity index (χ1v) is 15.5. The van der Waals surface area contributed by atoms with Gasteiger partial charge in [0, 0.05) is 38.7 Å². The van der Waals surface area contributed by atoms with Crippen molar-refractivity contribution in [2.24, 2.45) is 0 Å². The third-order valence-electron chi connectivity index (χ3n) is 5.00. The fraction of sp³-hybridized carbons (Fsp3) is 0.538. The molecule has 0 fully saturated rings. The normalized spacial score (nSPS) is 11.7. The van der Waals surface area contributed by atoms with Crippen molar-refractivity contribution in [2.75, 3.05) is 66.9 Å². The molecule has 0 spiro atoms. The summed E-state index contributed by atoms with van der Waals surface area (Å²) in [5.41, 5.74) is 0. The molecule has 0 saturated heterocycles. The average Bonchev–Trinajstić information content (AvgIpc) is 3.55. The van der Waals surface area contributed by atoms with E-state index in [1.165, 1.54) is 0 Å². The molecule has 2 heterocycles. The number of thioether (sulfide) groups is 2. The molecule has 2 aromatic heterocycles. The first kappa shape index (κ1) is 36.7. The maximum atomic E-state index is 10.3. The largest absolute Gasteiger partial charge is 0.464 e. The van der Waals surface area contributed by atoms with E-state index in [0.29, 0.717) is 24.7 Å². The van der Waals surface area contributed by atoms with Crippen molar-refractivity contribution in [3.63, 3.8) is 0 Å². The third-order valence-corrected chi connectivity index (χ3v) is 6.96. The molecular formula is C26H44N8O6S2. The molecule has 0 bridgehead atoms. The van der Waals surface area contributed by atoms with Gasteiger partial charge in [-0.3, -0.25) is 20.2 Å². The fourth-order valence-corrected chi connectivity index (χ4v) is 4.76. The zero-order valence-electron chi connectivity index (χ0n) is 25.2. The maximum absolute atomic E-state index is 10.3. The molecule has 2 rings (SSSR count). The predicted octanol–water partition coefficient (Wildman–Crippen LogP) is 2.92. The van der Waals surface area contributed by atoms with E-state index in [4.69, 9.17) is 8.83 Å². The summed E-state index contributed by atoms with van der Waals surface area (Å²) in [5, 5.41) is 32.1. The lowest BCUT2D eigenvalue weighted by Gasteiger charge is -2.07. The Balaban J connectivity index is 0.000000420. The van der Waals surface area contributed by atoms with Gasteiger partial charge in [0.05, 0.1) is 34.4 Å². The van der Waals surface area contributed by atoms with Crippen molar-refractivity contribution in [1.29, 1.82) is 0 Å². The lowest BCUT2D eigenvalue weighted by Crippen LogP contribution is -2.26. The minimum Gasteiger partial charge on any atom is -0.464 e. The molecule has 2 aromatic rings. The van der Waals surface area contributed by atoms with Crippen LogP contribution < -0.4 is 21.3 Å². The van der Waals surface area contributed by atoms with Gasteiger partial charge in [-0.2, -0.15) is 23.5 Å². The molecule has 0 saturated carbocycles. The second kappa shape index (κ2) is 21.4. The minimum atomic E-state index is -0.485. The van der Waals surface area contributed by atoms with Crippen LogP contribution in [0.4, 0.5) is 0 Å². The third kappa shape index (κ3) is 18.2. The van der Waals surface area contributed by atoms with Gasteiger partial charge in [-0.05, 0) is 52.5 Å². The van der Waals surface area contributed by atoms with Crippen LogP contribution in [0.2, 0.25) is 0 Å². The molecule has 0 radical (unpaired) electrons. The Hall–Kier alpha value is -3.34. The number of furan rings is 2. The van der Waals surface area contributed by atoms with Crippen LogP contribution in [0.1, 0.15) is 23.0 Å². The van der Waals surface area contributed by atoms with E-state index in [1.807, 2.05) is 52.5 Å². The molecule has 14 nitrogen and oxygen atoms in total. The van der Waals surface area contributed by atoms with Crippen LogP contribution in [0.3, 0.4) is 0 Å². The van der Waals surface area contributed by atoms with Crippen LogP contribution >= 0.6 is 23.5 Å². The zero-order valence-corrected chi connectivity index (χ0v) is 26.8. The SMILES string of the molecule is CNC(=C[N+](=O)[O-])NCCSCc1ccc(CN(C)C)o1.CNC(=C[N+](=O)[O-])NCCSCc1ccc(CN(C)C)o1. The minimum absolute atomic E-state index is 0.409. The highest BCUT2D eigenvalue weighted by Gasteiger charge is 2.05. The molecule has 0 aliphatic heterocycles. The molecule has 42 heavy (non-hydrogen) atoms. The number of nitrogens with one attached hydrogen (secondary N) is 4. The summed E-state index contributed by atoms with van der Waals surface area (Å²) in [6.07, 6.45) is 1.84. The molecule has 4 N–H and O–H groups in total. The maximum Gasteiger partial charge on any atom is 0.274 e. The van der Waals surface area contributed by atoms with E-state index >= 15 is 0 Å². The average molecular weight is 629 g/mol. The van der Waals surface area contributed by atoms with Crippen molar-refractivity contribution < 1.29 is 18.7 Å². The molecule has 0 aliphatic carbocycles. The Kier molecular flexibility index (Phi) is 18.7. The smallest absolute Gasteiger partial charge is 0.274 e. The van der Waals surface area contributed by atoms with Gasteiger partial charge in [0.15, 0.2) is 11.6 Å². The van der Waals surface area contributed by atoms with Crippen LogP contribution in [0.5, 0.6) is 0 Å². The number of rotatable bonds is 20. The number of nitro groups is 2. The summed E-state index contributed by atoms with van der Waals surface area (Å²) in [6.45, 7) is 2.89. The first-order chi connectivity index (χ1) is 20.0. The van der Waals surface area contributed by atoms with Crippen molar-refractivity contribution >= 4 is 23.5 Å². The lowest BCUT2D eigenvalue weighted by molar-refractivity contribution is -0.404. The lowest BCUT2D eigenvalue weighted by atomic mass is 10.4. The Morgan fingerprint density at radius 2 is 1.10 bits per heavy atom. The molecule has 0 aliphatic rings. The van der Waals surface area contributed by atoms with E-state index in [2.05, 4.69) is 31.1 Å². The van der Waals surface area contributed by atoms with Crippen LogP contribution in [-0.2, 0) is 24.6 Å². The van der Waals surface area contributed by atoms with Gasteiger partial charge < -0.3 is 39.9 Å². The standard InChI is InChI=1S/2C13H22N4O3S/c2*1-14-13(9-17(18)19)15-6-7-21-10-12-5-4-11(20-12)8-16(2)3/h2*4-5,9,14-15H,6-8,10H2,1-3H3. The monoisotopic (exact) mass is 628 g/mol. The van der Waals surface area contributed by atoms with Crippen molar-refractivity contribution in [3.05, 3.63) is 91.6 Å². The second-order valence-electron chi connectivity index (χ2n) is 9.33. The Labute approximate surface area is 256 Å². The quantitative estimate of drug-likeness (QED) is 0.0960. The highest BCUT2D eigenvalue weighted by molar-refractivity contribution is 7.98. The first-order valence-electron chi connectivity index (χ1n) is 13.2. The topological polar surface area (TPSA) is 167 Å². The molecular weight excluding hydrogens is 584 g/mol. The number of nitrogens with zero attached hydrogens (tertiary/aromatic N) is 4. The van der Waals surface area contributed by atoms with Gasteiger partial charge in [0.1, 0.15) is 23.0 Å². The summed E-state index contributed by atoms with van der Waals surface area (Å²) >= 11 is 3.43. The molecule has 0 atom stereocenters. The van der Waals surface area contributed by atoms with Gasteiger partial charge in [-0.1, -0.05) is 0 Å². The van der Waals surface area contributed by atoms with Crippen LogP contribution in [0.25, 0.3) is 0 Å². The summed E-state index contributed by atoms with van der Waals surface area (Å²) < 4.78 is 11.4. The van der Waals surface area contributed by atoms with E-state index in [9.17, 15) is 20.2 Å². The Morgan fingerprint density at radius 3 is 1.40 bits per heavy atom. The van der Waals surface area contributed by atoms with Crippen LogP contribution in [0.15, 0.2) is 57.1 Å². The summed E-state index contributed by atoms with van der Waals surface area (Å²) in [5.74, 6) is 7.89. The van der Waals surface area contributed by atoms with E-state index in [0.717, 1.165) is 71.5 Å². The molecule has 236 valence electrons. The van der Waals surface area contributed by atoms with Gasteiger partial charge in [-0.25, -0.2) is 0 Å². The second-order valence-corrected chi connectivity index (χ2v) is 11.5. The van der Waals surface area contributed by atoms with Gasteiger partial charge >= 0.3 is 0 Å². The molecule has 16 heteroatoms. The molecule has 0 aromatic carbocycles. The van der Waals surface area contributed by atoms with E-state index in [-0.39, 0.29) is 0 Å². The zero-order chi connectivity index (χ0) is 31.3. The number of hydrogen-bond donors (Lipinski definition) is 4. The van der Waals surface area contributed by atoms with Crippen molar-refractivity contribution in [3.8, 4) is 0 Å². The van der Waals surface area contributed by atoms with Crippen LogP contribution in [0, 0.1) is 20.2 Å². The molecule has 0 amide bonds. The Bertz CT molecular complexity index is 1030. The summed E-state index contributed by atoms with van der Waals surface area (Å²) in [7, 11) is 11.3. The predicted molar refractivity (Wildman–Crippen MR) is 169 cm³/mol. The highest BCUT2D eigenvalue weighted by atomic mass is 32.2.